The number of hydrogen-bond donors (Lipinski definition) is 1. The van der Waals surface area contributed by atoms with Crippen LogP contribution >= 0.6 is 11.6 Å². The van der Waals surface area contributed by atoms with E-state index in [0.29, 0.717) is 37.7 Å². The van der Waals surface area contributed by atoms with Crippen molar-refractivity contribution in [3.8, 4) is 0 Å². The van der Waals surface area contributed by atoms with Gasteiger partial charge in [-0.05, 0) is 49.6 Å². The molecule has 1 saturated heterocycles. The van der Waals surface area contributed by atoms with Gasteiger partial charge in [0.2, 0.25) is 15.9 Å². The molecule has 1 saturated carbocycles. The zero-order valence-electron chi connectivity index (χ0n) is 13.4. The highest BCUT2D eigenvalue weighted by Crippen LogP contribution is 2.27. The van der Waals surface area contributed by atoms with Gasteiger partial charge in [0.05, 0.1) is 11.4 Å². The van der Waals surface area contributed by atoms with Gasteiger partial charge in [-0.3, -0.25) is 4.79 Å². The van der Waals surface area contributed by atoms with Crippen LogP contribution in [0.2, 0.25) is 5.02 Å². The number of nitrogens with zero attached hydrogens (tertiary/aromatic N) is 2. The number of halogens is 1. The van der Waals surface area contributed by atoms with Crippen LogP contribution in [0.5, 0.6) is 0 Å². The maximum Gasteiger partial charge on any atom is 0.243 e. The standard InChI is InChI=1S/C16H22ClN3O3S/c17-14-3-5-15(6-4-14)24(22,23)20-9-7-19(8-10-20)16(21)12-18-11-13-1-2-13/h3-6,13,18H,1-2,7-12H2. The average molecular weight is 372 g/mol. The highest BCUT2D eigenvalue weighted by Gasteiger charge is 2.30. The molecule has 0 atom stereocenters. The van der Waals surface area contributed by atoms with Gasteiger partial charge in [-0.25, -0.2) is 8.42 Å². The molecular formula is C16H22ClN3O3S. The molecule has 0 aromatic heterocycles. The first-order valence-electron chi connectivity index (χ1n) is 8.21. The molecule has 2 aliphatic rings. The van der Waals surface area contributed by atoms with Crippen LogP contribution in [0.15, 0.2) is 29.2 Å². The van der Waals surface area contributed by atoms with Gasteiger partial charge in [0.25, 0.3) is 0 Å². The second kappa shape index (κ2) is 7.39. The molecule has 1 N–H and O–H groups in total. The first-order valence-corrected chi connectivity index (χ1v) is 10.0. The summed E-state index contributed by atoms with van der Waals surface area (Å²) in [4.78, 5) is 14.1. The van der Waals surface area contributed by atoms with Gasteiger partial charge < -0.3 is 10.2 Å². The quantitative estimate of drug-likeness (QED) is 0.815. The Morgan fingerprint density at radius 2 is 1.75 bits per heavy atom. The monoisotopic (exact) mass is 371 g/mol. The van der Waals surface area contributed by atoms with Crippen molar-refractivity contribution in [1.82, 2.24) is 14.5 Å². The fourth-order valence-corrected chi connectivity index (χ4v) is 4.30. The summed E-state index contributed by atoms with van der Waals surface area (Å²) in [5, 5.41) is 3.68. The lowest BCUT2D eigenvalue weighted by Crippen LogP contribution is -2.52. The van der Waals surface area contributed by atoms with Gasteiger partial charge in [0.15, 0.2) is 0 Å². The van der Waals surface area contributed by atoms with Crippen LogP contribution in [0.3, 0.4) is 0 Å². The van der Waals surface area contributed by atoms with E-state index < -0.39 is 10.0 Å². The number of sulfonamides is 1. The molecule has 1 aromatic carbocycles. The summed E-state index contributed by atoms with van der Waals surface area (Å²) in [7, 11) is -3.53. The number of hydrogen-bond acceptors (Lipinski definition) is 4. The van der Waals surface area contributed by atoms with Crippen LogP contribution in [0.25, 0.3) is 0 Å². The summed E-state index contributed by atoms with van der Waals surface area (Å²) in [5.41, 5.74) is 0. The van der Waals surface area contributed by atoms with E-state index in [0.717, 1.165) is 12.5 Å². The van der Waals surface area contributed by atoms with Crippen molar-refractivity contribution in [3.05, 3.63) is 29.3 Å². The van der Waals surface area contributed by atoms with E-state index in [1.54, 1.807) is 17.0 Å². The molecule has 6 nitrogen and oxygen atoms in total. The second-order valence-corrected chi connectivity index (χ2v) is 8.69. The summed E-state index contributed by atoms with van der Waals surface area (Å²) in [6, 6.07) is 6.16. The smallest absolute Gasteiger partial charge is 0.243 e. The lowest BCUT2D eigenvalue weighted by atomic mass is 10.3. The van der Waals surface area contributed by atoms with Crippen molar-refractivity contribution in [2.75, 3.05) is 39.3 Å². The third-order valence-electron chi connectivity index (χ3n) is 4.45. The predicted octanol–water partition coefficient (Wildman–Crippen LogP) is 1.17. The summed E-state index contributed by atoms with van der Waals surface area (Å²) in [5.74, 6) is 0.776. The molecule has 0 radical (unpaired) electrons. The van der Waals surface area contributed by atoms with Gasteiger partial charge in [0.1, 0.15) is 0 Å². The molecule has 1 aliphatic carbocycles. The Morgan fingerprint density at radius 1 is 1.12 bits per heavy atom. The first kappa shape index (κ1) is 17.7. The van der Waals surface area contributed by atoms with E-state index >= 15 is 0 Å². The van der Waals surface area contributed by atoms with Gasteiger partial charge in [0, 0.05) is 31.2 Å². The Morgan fingerprint density at radius 3 is 2.33 bits per heavy atom. The van der Waals surface area contributed by atoms with E-state index in [-0.39, 0.29) is 10.8 Å². The fraction of sp³-hybridized carbons (Fsp3) is 0.562. The molecule has 0 bridgehead atoms. The molecule has 0 unspecified atom stereocenters. The van der Waals surface area contributed by atoms with Crippen molar-refractivity contribution in [2.24, 2.45) is 5.92 Å². The molecule has 132 valence electrons. The molecule has 1 aliphatic heterocycles. The number of rotatable bonds is 6. The third kappa shape index (κ3) is 4.27. The number of carbonyl (C=O) groups is 1. The number of piperazine rings is 1. The molecule has 1 aromatic rings. The Balaban J connectivity index is 1.51. The highest BCUT2D eigenvalue weighted by atomic mass is 35.5. The molecular weight excluding hydrogens is 350 g/mol. The molecule has 24 heavy (non-hydrogen) atoms. The first-order chi connectivity index (χ1) is 11.5. The summed E-state index contributed by atoms with van der Waals surface area (Å²) in [6.45, 7) is 2.73. The average Bonchev–Trinajstić information content (AvgIpc) is 3.39. The third-order valence-corrected chi connectivity index (χ3v) is 6.61. The van der Waals surface area contributed by atoms with Crippen molar-refractivity contribution in [3.63, 3.8) is 0 Å². The Kier molecular flexibility index (Phi) is 5.44. The lowest BCUT2D eigenvalue weighted by molar-refractivity contribution is -0.131. The number of nitrogens with one attached hydrogen (secondary N) is 1. The molecule has 2 fully saturated rings. The maximum atomic E-state index is 12.6. The lowest BCUT2D eigenvalue weighted by Gasteiger charge is -2.34. The molecule has 0 spiro atoms. The van der Waals surface area contributed by atoms with Gasteiger partial charge in [-0.2, -0.15) is 4.31 Å². The van der Waals surface area contributed by atoms with Crippen molar-refractivity contribution in [1.29, 1.82) is 0 Å². The SMILES string of the molecule is O=C(CNCC1CC1)N1CCN(S(=O)(=O)c2ccc(Cl)cc2)CC1. The molecule has 1 heterocycles. The normalized spacial score (nSPS) is 19.5. The summed E-state index contributed by atoms with van der Waals surface area (Å²) < 4.78 is 26.6. The number of amides is 1. The van der Waals surface area contributed by atoms with Crippen LogP contribution < -0.4 is 5.32 Å². The number of benzene rings is 1. The minimum Gasteiger partial charge on any atom is -0.339 e. The van der Waals surface area contributed by atoms with E-state index in [1.807, 2.05) is 0 Å². The Hall–Kier alpha value is -1.15. The zero-order valence-corrected chi connectivity index (χ0v) is 15.0. The zero-order chi connectivity index (χ0) is 17.2. The van der Waals surface area contributed by atoms with Gasteiger partial charge in [-0.1, -0.05) is 11.6 Å². The second-order valence-electron chi connectivity index (χ2n) is 6.31. The van der Waals surface area contributed by atoms with Crippen LogP contribution in [-0.2, 0) is 14.8 Å². The highest BCUT2D eigenvalue weighted by molar-refractivity contribution is 7.89. The minimum absolute atomic E-state index is 0.0409. The van der Waals surface area contributed by atoms with E-state index in [1.165, 1.54) is 29.3 Å². The predicted molar refractivity (Wildman–Crippen MR) is 92.4 cm³/mol. The van der Waals surface area contributed by atoms with Gasteiger partial charge in [-0.15, -0.1) is 0 Å². The van der Waals surface area contributed by atoms with E-state index in [9.17, 15) is 13.2 Å². The van der Waals surface area contributed by atoms with Crippen molar-refractivity contribution < 1.29 is 13.2 Å². The summed E-state index contributed by atoms with van der Waals surface area (Å²) in [6.07, 6.45) is 2.50. The number of carbonyl (C=O) groups excluding carboxylic acids is 1. The Labute approximate surface area is 147 Å². The maximum absolute atomic E-state index is 12.6. The molecule has 3 rings (SSSR count). The van der Waals surface area contributed by atoms with Crippen molar-refractivity contribution in [2.45, 2.75) is 17.7 Å². The van der Waals surface area contributed by atoms with E-state index in [2.05, 4.69) is 5.32 Å². The Bertz CT molecular complexity index is 681. The molecule has 1 amide bonds. The minimum atomic E-state index is -3.53. The van der Waals surface area contributed by atoms with Gasteiger partial charge >= 0.3 is 0 Å². The van der Waals surface area contributed by atoms with Crippen LogP contribution in [-0.4, -0.2) is 62.8 Å². The fourth-order valence-electron chi connectivity index (χ4n) is 2.75. The van der Waals surface area contributed by atoms with Crippen LogP contribution in [0.4, 0.5) is 0 Å². The van der Waals surface area contributed by atoms with Crippen LogP contribution in [0, 0.1) is 5.92 Å². The van der Waals surface area contributed by atoms with Crippen LogP contribution in [0.1, 0.15) is 12.8 Å². The summed E-state index contributed by atoms with van der Waals surface area (Å²) >= 11 is 5.81. The largest absolute Gasteiger partial charge is 0.339 e. The van der Waals surface area contributed by atoms with E-state index in [4.69, 9.17) is 11.6 Å². The molecule has 8 heteroatoms. The topological polar surface area (TPSA) is 69.7 Å². The van der Waals surface area contributed by atoms with Crippen molar-refractivity contribution >= 4 is 27.5 Å².